The molecule has 0 unspecified atom stereocenters. The minimum Gasteiger partial charge on any atom is -0.493 e. The van der Waals surface area contributed by atoms with Crippen molar-refractivity contribution in [3.8, 4) is 11.5 Å². The molecular formula is C23H22N4O5S. The Hall–Kier alpha value is -4.18. The molecular weight excluding hydrogens is 444 g/mol. The zero-order chi connectivity index (χ0) is 23.7. The third-order valence-corrected chi connectivity index (χ3v) is 5.54. The van der Waals surface area contributed by atoms with Crippen molar-refractivity contribution in [1.29, 1.82) is 0 Å². The van der Waals surface area contributed by atoms with Gasteiger partial charge in [-0.25, -0.2) is 23.1 Å². The summed E-state index contributed by atoms with van der Waals surface area (Å²) in [7, 11) is -2.32. The van der Waals surface area contributed by atoms with Crippen molar-refractivity contribution in [3.05, 3.63) is 85.2 Å². The van der Waals surface area contributed by atoms with E-state index in [0.717, 1.165) is 5.56 Å². The molecule has 0 saturated carbocycles. The number of carbonyl (C=O) groups excluding carboxylic acids is 1. The third-order valence-electron chi connectivity index (χ3n) is 4.20. The number of nitrogens with zero attached hydrogens (tertiary/aromatic N) is 2. The number of nitrogens with one attached hydrogen (secondary N) is 2. The summed E-state index contributed by atoms with van der Waals surface area (Å²) in [4.78, 5) is 19.9. The molecule has 0 radical (unpaired) electrons. The van der Waals surface area contributed by atoms with E-state index in [-0.39, 0.29) is 16.8 Å². The summed E-state index contributed by atoms with van der Waals surface area (Å²) in [6.45, 7) is 3.96. The van der Waals surface area contributed by atoms with Crippen molar-refractivity contribution >= 4 is 33.6 Å². The predicted octanol–water partition coefficient (Wildman–Crippen LogP) is 3.50. The van der Waals surface area contributed by atoms with Crippen LogP contribution in [-0.2, 0) is 14.8 Å². The van der Waals surface area contributed by atoms with Crippen LogP contribution in [0.15, 0.2) is 84.6 Å². The maximum Gasteiger partial charge on any atom is 0.264 e. The van der Waals surface area contributed by atoms with Crippen LogP contribution >= 0.6 is 0 Å². The van der Waals surface area contributed by atoms with Crippen molar-refractivity contribution in [3.63, 3.8) is 0 Å². The van der Waals surface area contributed by atoms with E-state index in [2.05, 4.69) is 26.6 Å². The minimum atomic E-state index is -3.85. The fourth-order valence-electron chi connectivity index (χ4n) is 2.66. The Labute approximate surface area is 191 Å². The molecule has 170 valence electrons. The summed E-state index contributed by atoms with van der Waals surface area (Å²) in [6.07, 6.45) is 7.47. The zero-order valence-corrected chi connectivity index (χ0v) is 18.6. The molecule has 3 aromatic rings. The predicted molar refractivity (Wildman–Crippen MR) is 126 cm³/mol. The molecule has 2 N–H and O–H groups in total. The van der Waals surface area contributed by atoms with E-state index in [1.54, 1.807) is 36.4 Å². The van der Waals surface area contributed by atoms with E-state index >= 15 is 0 Å². The van der Waals surface area contributed by atoms with Gasteiger partial charge >= 0.3 is 0 Å². The number of rotatable bonds is 10. The van der Waals surface area contributed by atoms with Gasteiger partial charge in [-0.15, -0.1) is 0 Å². The van der Waals surface area contributed by atoms with Crippen molar-refractivity contribution in [2.24, 2.45) is 0 Å². The topological polar surface area (TPSA) is 120 Å². The van der Waals surface area contributed by atoms with Crippen LogP contribution in [0.5, 0.6) is 11.5 Å². The van der Waals surface area contributed by atoms with Gasteiger partial charge in [-0.05, 0) is 54.1 Å². The molecule has 1 amide bonds. The lowest BCUT2D eigenvalue weighted by atomic mass is 10.2. The average molecular weight is 467 g/mol. The van der Waals surface area contributed by atoms with Gasteiger partial charge in [-0.2, -0.15) is 0 Å². The smallest absolute Gasteiger partial charge is 0.264 e. The van der Waals surface area contributed by atoms with Gasteiger partial charge in [-0.1, -0.05) is 18.7 Å². The Morgan fingerprint density at radius 2 is 1.82 bits per heavy atom. The maximum atomic E-state index is 12.4. The van der Waals surface area contributed by atoms with Crippen molar-refractivity contribution < 1.29 is 22.7 Å². The van der Waals surface area contributed by atoms with Crippen LogP contribution in [-0.4, -0.2) is 38.0 Å². The number of anilines is 2. The first-order valence-electron chi connectivity index (χ1n) is 9.72. The molecule has 0 aliphatic carbocycles. The second kappa shape index (κ2) is 10.9. The van der Waals surface area contributed by atoms with Crippen LogP contribution in [0, 0.1) is 0 Å². The monoisotopic (exact) mass is 466 g/mol. The van der Waals surface area contributed by atoms with Gasteiger partial charge < -0.3 is 14.8 Å². The highest BCUT2D eigenvalue weighted by Crippen LogP contribution is 2.28. The van der Waals surface area contributed by atoms with E-state index in [1.165, 1.54) is 49.8 Å². The lowest BCUT2D eigenvalue weighted by Crippen LogP contribution is -2.15. The minimum absolute atomic E-state index is 0.00866. The first kappa shape index (κ1) is 23.5. The highest BCUT2D eigenvalue weighted by Gasteiger charge is 2.15. The number of benzene rings is 2. The summed E-state index contributed by atoms with van der Waals surface area (Å²) in [5.74, 6) is 0.692. The van der Waals surface area contributed by atoms with Crippen molar-refractivity contribution in [2.45, 2.75) is 4.90 Å². The molecule has 0 saturated heterocycles. The standard InChI is InChI=1S/C23H22N4O5S/c1-3-15-32-20-11-5-17(16-21(20)31-2)6-12-22(28)26-18-7-9-19(10-8-18)33(29,30)27-23-24-13-4-14-25-23/h3-14,16H,1,15H2,2H3,(H,26,28)(H,24,25,27)/b12-6+. The molecule has 3 rings (SSSR count). The summed E-state index contributed by atoms with van der Waals surface area (Å²) < 4.78 is 37.9. The number of ether oxygens (including phenoxy) is 2. The fourth-order valence-corrected chi connectivity index (χ4v) is 3.62. The van der Waals surface area contributed by atoms with Gasteiger partial charge in [0.15, 0.2) is 11.5 Å². The zero-order valence-electron chi connectivity index (χ0n) is 17.8. The molecule has 0 atom stereocenters. The van der Waals surface area contributed by atoms with Crippen molar-refractivity contribution in [1.82, 2.24) is 9.97 Å². The van der Waals surface area contributed by atoms with Crippen LogP contribution in [0.2, 0.25) is 0 Å². The molecule has 0 aliphatic heterocycles. The molecule has 0 bridgehead atoms. The Morgan fingerprint density at radius 3 is 2.48 bits per heavy atom. The lowest BCUT2D eigenvalue weighted by Gasteiger charge is -2.09. The number of amides is 1. The van der Waals surface area contributed by atoms with Crippen LogP contribution in [0.4, 0.5) is 11.6 Å². The van der Waals surface area contributed by atoms with Crippen molar-refractivity contribution in [2.75, 3.05) is 23.8 Å². The Morgan fingerprint density at radius 1 is 1.09 bits per heavy atom. The van der Waals surface area contributed by atoms with Gasteiger partial charge in [0.1, 0.15) is 6.61 Å². The largest absolute Gasteiger partial charge is 0.493 e. The number of carbonyl (C=O) groups is 1. The van der Waals surface area contributed by atoms with Gasteiger partial charge in [0, 0.05) is 24.2 Å². The van der Waals surface area contributed by atoms with Gasteiger partial charge in [0.05, 0.1) is 12.0 Å². The first-order chi connectivity index (χ1) is 15.9. The molecule has 10 heteroatoms. The molecule has 9 nitrogen and oxygen atoms in total. The molecule has 0 aliphatic rings. The van der Waals surface area contributed by atoms with E-state index in [9.17, 15) is 13.2 Å². The molecule has 0 spiro atoms. The number of methoxy groups -OCH3 is 1. The second-order valence-electron chi connectivity index (χ2n) is 6.53. The Bertz CT molecular complexity index is 1240. The molecule has 33 heavy (non-hydrogen) atoms. The highest BCUT2D eigenvalue weighted by molar-refractivity contribution is 7.92. The van der Waals surface area contributed by atoms with Gasteiger partial charge in [0.25, 0.3) is 10.0 Å². The quantitative estimate of drug-likeness (QED) is 0.347. The maximum absolute atomic E-state index is 12.4. The lowest BCUT2D eigenvalue weighted by molar-refractivity contribution is -0.111. The molecule has 2 aromatic carbocycles. The summed E-state index contributed by atoms with van der Waals surface area (Å²) in [6, 6.07) is 12.6. The summed E-state index contributed by atoms with van der Waals surface area (Å²) in [5, 5.41) is 2.68. The fraction of sp³-hybridized carbons (Fsp3) is 0.0870. The number of hydrogen-bond donors (Lipinski definition) is 2. The summed E-state index contributed by atoms with van der Waals surface area (Å²) >= 11 is 0. The van der Waals surface area contributed by atoms with Crippen LogP contribution in [0.3, 0.4) is 0 Å². The SMILES string of the molecule is C=CCOc1ccc(/C=C/C(=O)Nc2ccc(S(=O)(=O)Nc3ncccn3)cc2)cc1OC. The van der Waals surface area contributed by atoms with Crippen LogP contribution in [0.25, 0.3) is 6.08 Å². The first-order valence-corrected chi connectivity index (χ1v) is 11.2. The number of hydrogen-bond acceptors (Lipinski definition) is 7. The number of aromatic nitrogens is 2. The molecule has 1 heterocycles. The molecule has 1 aromatic heterocycles. The molecule has 0 fully saturated rings. The third kappa shape index (κ3) is 6.65. The van der Waals surface area contributed by atoms with E-state index in [0.29, 0.717) is 23.8 Å². The normalized spacial score (nSPS) is 11.1. The second-order valence-corrected chi connectivity index (χ2v) is 8.22. The van der Waals surface area contributed by atoms with E-state index < -0.39 is 10.0 Å². The highest BCUT2D eigenvalue weighted by atomic mass is 32.2. The number of sulfonamides is 1. The van der Waals surface area contributed by atoms with E-state index in [1.807, 2.05) is 0 Å². The van der Waals surface area contributed by atoms with E-state index in [4.69, 9.17) is 9.47 Å². The van der Waals surface area contributed by atoms with Gasteiger partial charge in [0.2, 0.25) is 11.9 Å². The Kier molecular flexibility index (Phi) is 7.77. The van der Waals surface area contributed by atoms with Crippen LogP contribution in [0.1, 0.15) is 5.56 Å². The van der Waals surface area contributed by atoms with Gasteiger partial charge in [-0.3, -0.25) is 4.79 Å². The Balaban J connectivity index is 1.62. The average Bonchev–Trinajstić information content (AvgIpc) is 2.82. The summed E-state index contributed by atoms with van der Waals surface area (Å²) in [5.41, 5.74) is 1.17. The van der Waals surface area contributed by atoms with Crippen LogP contribution < -0.4 is 19.5 Å².